The molecule has 1 saturated heterocycles. The van der Waals surface area contributed by atoms with Crippen LogP contribution in [-0.2, 0) is 9.59 Å². The van der Waals surface area contributed by atoms with Crippen molar-refractivity contribution in [2.24, 2.45) is 5.92 Å². The third-order valence-electron chi connectivity index (χ3n) is 4.82. The number of nitrogens with one attached hydrogen (secondary N) is 1. The maximum Gasteiger partial charge on any atom is 0.260 e. The van der Waals surface area contributed by atoms with Crippen molar-refractivity contribution in [3.05, 3.63) is 54.6 Å². The van der Waals surface area contributed by atoms with Crippen LogP contribution in [0.3, 0.4) is 0 Å². The molecule has 1 aliphatic heterocycles. The Morgan fingerprint density at radius 1 is 1.00 bits per heavy atom. The highest BCUT2D eigenvalue weighted by atomic mass is 16.5. The number of rotatable bonds is 7. The summed E-state index contributed by atoms with van der Waals surface area (Å²) in [4.78, 5) is 26.7. The van der Waals surface area contributed by atoms with Crippen LogP contribution in [0, 0.1) is 5.92 Å². The number of carbonyl (C=O) groups excluding carboxylic acids is 2. The Balaban J connectivity index is 1.42. The molecule has 2 aromatic rings. The van der Waals surface area contributed by atoms with Crippen LogP contribution in [0.25, 0.3) is 0 Å². The highest BCUT2D eigenvalue weighted by molar-refractivity contribution is 5.92. The fourth-order valence-electron chi connectivity index (χ4n) is 3.28. The number of likely N-dealkylation sites (tertiary alicyclic amines) is 1. The Labute approximate surface area is 171 Å². The zero-order valence-corrected chi connectivity index (χ0v) is 17.0. The summed E-state index contributed by atoms with van der Waals surface area (Å²) < 4.78 is 11.1. The summed E-state index contributed by atoms with van der Waals surface area (Å²) in [7, 11) is 0. The molecule has 0 aliphatic carbocycles. The number of hydrogen-bond donors (Lipinski definition) is 1. The first kappa shape index (κ1) is 20.7. The van der Waals surface area contributed by atoms with Gasteiger partial charge in [-0.2, -0.15) is 0 Å². The predicted molar refractivity (Wildman–Crippen MR) is 112 cm³/mol. The number of benzene rings is 2. The van der Waals surface area contributed by atoms with Gasteiger partial charge >= 0.3 is 0 Å². The second-order valence-corrected chi connectivity index (χ2v) is 7.44. The maximum absolute atomic E-state index is 12.5. The average Bonchev–Trinajstić information content (AvgIpc) is 2.74. The Bertz CT molecular complexity index is 797. The molecule has 0 bridgehead atoms. The van der Waals surface area contributed by atoms with Crippen LogP contribution in [0.2, 0.25) is 0 Å². The van der Waals surface area contributed by atoms with E-state index in [2.05, 4.69) is 5.32 Å². The molecular formula is C23H28N2O4. The van der Waals surface area contributed by atoms with Gasteiger partial charge in [0.15, 0.2) is 6.61 Å². The van der Waals surface area contributed by atoms with Crippen LogP contribution >= 0.6 is 0 Å². The van der Waals surface area contributed by atoms with Crippen molar-refractivity contribution in [1.82, 2.24) is 4.90 Å². The fourth-order valence-corrected chi connectivity index (χ4v) is 3.28. The molecule has 6 nitrogen and oxygen atoms in total. The lowest BCUT2D eigenvalue weighted by Gasteiger charge is -2.31. The SMILES string of the molecule is CC(C)Oc1ccc(NC(=O)C2CCN(C(=O)COc3ccccc3)CC2)cc1. The molecule has 0 radical (unpaired) electrons. The van der Waals surface area contributed by atoms with Crippen LogP contribution < -0.4 is 14.8 Å². The Morgan fingerprint density at radius 3 is 2.28 bits per heavy atom. The van der Waals surface area contributed by atoms with Gasteiger partial charge in [0.2, 0.25) is 5.91 Å². The van der Waals surface area contributed by atoms with Crippen LogP contribution in [0.1, 0.15) is 26.7 Å². The Morgan fingerprint density at radius 2 is 1.66 bits per heavy atom. The minimum atomic E-state index is -0.0966. The van der Waals surface area contributed by atoms with Crippen LogP contribution in [0.5, 0.6) is 11.5 Å². The van der Waals surface area contributed by atoms with Crippen LogP contribution in [-0.4, -0.2) is 42.5 Å². The summed E-state index contributed by atoms with van der Waals surface area (Å²) in [6, 6.07) is 16.7. The molecule has 0 aromatic heterocycles. The van der Waals surface area contributed by atoms with Gasteiger partial charge in [0, 0.05) is 24.7 Å². The monoisotopic (exact) mass is 396 g/mol. The summed E-state index contributed by atoms with van der Waals surface area (Å²) in [5, 5.41) is 2.96. The highest BCUT2D eigenvalue weighted by Gasteiger charge is 2.27. The van der Waals surface area contributed by atoms with Crippen molar-refractivity contribution in [2.75, 3.05) is 25.0 Å². The van der Waals surface area contributed by atoms with E-state index >= 15 is 0 Å². The Kier molecular flexibility index (Phi) is 7.11. The molecule has 0 spiro atoms. The lowest BCUT2D eigenvalue weighted by atomic mass is 9.95. The molecule has 1 fully saturated rings. The number of nitrogens with zero attached hydrogens (tertiary/aromatic N) is 1. The van der Waals surface area contributed by atoms with Crippen molar-refractivity contribution < 1.29 is 19.1 Å². The van der Waals surface area contributed by atoms with E-state index in [-0.39, 0.29) is 30.4 Å². The molecule has 2 aromatic carbocycles. The number of carbonyl (C=O) groups is 2. The van der Waals surface area contributed by atoms with Crippen molar-refractivity contribution in [3.63, 3.8) is 0 Å². The minimum Gasteiger partial charge on any atom is -0.491 e. The molecule has 3 rings (SSSR count). The Hall–Kier alpha value is -3.02. The number of ether oxygens (including phenoxy) is 2. The summed E-state index contributed by atoms with van der Waals surface area (Å²) in [5.74, 6) is 1.31. The number of anilines is 1. The fraction of sp³-hybridized carbons (Fsp3) is 0.391. The molecular weight excluding hydrogens is 368 g/mol. The van der Waals surface area contributed by atoms with E-state index in [4.69, 9.17) is 9.47 Å². The molecule has 1 aliphatic rings. The molecule has 0 unspecified atom stereocenters. The van der Waals surface area contributed by atoms with E-state index in [0.29, 0.717) is 31.7 Å². The van der Waals surface area contributed by atoms with E-state index in [1.807, 2.05) is 68.4 Å². The minimum absolute atomic E-state index is 0.00448. The second kappa shape index (κ2) is 9.96. The van der Waals surface area contributed by atoms with Gasteiger partial charge in [-0.15, -0.1) is 0 Å². The quantitative estimate of drug-likeness (QED) is 0.774. The number of piperidine rings is 1. The smallest absolute Gasteiger partial charge is 0.260 e. The second-order valence-electron chi connectivity index (χ2n) is 7.44. The molecule has 2 amide bonds. The normalized spacial score (nSPS) is 14.5. The summed E-state index contributed by atoms with van der Waals surface area (Å²) >= 11 is 0. The van der Waals surface area contributed by atoms with Crippen molar-refractivity contribution in [2.45, 2.75) is 32.8 Å². The van der Waals surface area contributed by atoms with Gasteiger partial charge in [0.1, 0.15) is 11.5 Å². The third-order valence-corrected chi connectivity index (χ3v) is 4.82. The first-order valence-corrected chi connectivity index (χ1v) is 10.0. The first-order valence-electron chi connectivity index (χ1n) is 10.0. The van der Waals surface area contributed by atoms with Gasteiger partial charge < -0.3 is 19.7 Å². The predicted octanol–water partition coefficient (Wildman–Crippen LogP) is 3.73. The van der Waals surface area contributed by atoms with Crippen molar-refractivity contribution in [1.29, 1.82) is 0 Å². The molecule has 1 heterocycles. The highest BCUT2D eigenvalue weighted by Crippen LogP contribution is 2.22. The summed E-state index contributed by atoms with van der Waals surface area (Å²) in [6.45, 7) is 5.10. The van der Waals surface area contributed by atoms with E-state index in [9.17, 15) is 9.59 Å². The van der Waals surface area contributed by atoms with Gasteiger partial charge in [-0.05, 0) is 63.1 Å². The third kappa shape index (κ3) is 6.24. The van der Waals surface area contributed by atoms with Crippen LogP contribution in [0.15, 0.2) is 54.6 Å². The zero-order chi connectivity index (χ0) is 20.6. The van der Waals surface area contributed by atoms with Gasteiger partial charge in [-0.1, -0.05) is 18.2 Å². The molecule has 0 saturated carbocycles. The molecule has 0 atom stereocenters. The molecule has 6 heteroatoms. The maximum atomic E-state index is 12.5. The topological polar surface area (TPSA) is 67.9 Å². The number of hydrogen-bond acceptors (Lipinski definition) is 4. The first-order chi connectivity index (χ1) is 14.0. The standard InChI is InChI=1S/C23H28N2O4/c1-17(2)29-21-10-8-19(9-11-21)24-23(27)18-12-14-25(15-13-18)22(26)16-28-20-6-4-3-5-7-20/h3-11,17-18H,12-16H2,1-2H3,(H,24,27). The molecule has 154 valence electrons. The van der Waals surface area contributed by atoms with Gasteiger partial charge in [-0.3, -0.25) is 9.59 Å². The van der Waals surface area contributed by atoms with E-state index in [1.54, 1.807) is 4.90 Å². The largest absolute Gasteiger partial charge is 0.491 e. The lowest BCUT2D eigenvalue weighted by Crippen LogP contribution is -2.43. The van der Waals surface area contributed by atoms with Gasteiger partial charge in [0.05, 0.1) is 6.10 Å². The lowest BCUT2D eigenvalue weighted by molar-refractivity contribution is -0.136. The summed E-state index contributed by atoms with van der Waals surface area (Å²) in [6.07, 6.45) is 1.41. The van der Waals surface area contributed by atoms with E-state index in [0.717, 1.165) is 11.4 Å². The van der Waals surface area contributed by atoms with Crippen molar-refractivity contribution >= 4 is 17.5 Å². The van der Waals surface area contributed by atoms with E-state index in [1.165, 1.54) is 0 Å². The van der Waals surface area contributed by atoms with Crippen LogP contribution in [0.4, 0.5) is 5.69 Å². The van der Waals surface area contributed by atoms with Crippen molar-refractivity contribution in [3.8, 4) is 11.5 Å². The number of amides is 2. The molecule has 1 N–H and O–H groups in total. The van der Waals surface area contributed by atoms with E-state index < -0.39 is 0 Å². The van der Waals surface area contributed by atoms with Gasteiger partial charge in [-0.25, -0.2) is 0 Å². The summed E-state index contributed by atoms with van der Waals surface area (Å²) in [5.41, 5.74) is 0.751. The molecule has 29 heavy (non-hydrogen) atoms. The zero-order valence-electron chi connectivity index (χ0n) is 17.0. The number of para-hydroxylation sites is 1. The van der Waals surface area contributed by atoms with Gasteiger partial charge in [0.25, 0.3) is 5.91 Å². The average molecular weight is 396 g/mol.